The van der Waals surface area contributed by atoms with E-state index in [0.29, 0.717) is 11.1 Å². The number of nitrogens with one attached hydrogen (secondary N) is 2. The van der Waals surface area contributed by atoms with Crippen LogP contribution in [0.5, 0.6) is 0 Å². The van der Waals surface area contributed by atoms with Gasteiger partial charge in [-0.25, -0.2) is 9.59 Å². The van der Waals surface area contributed by atoms with E-state index in [4.69, 9.17) is 4.74 Å². The van der Waals surface area contributed by atoms with E-state index in [1.54, 1.807) is 31.2 Å². The van der Waals surface area contributed by atoms with Crippen LogP contribution in [0, 0.1) is 10.1 Å². The lowest BCUT2D eigenvalue weighted by Gasteiger charge is -2.30. The van der Waals surface area contributed by atoms with Gasteiger partial charge in [-0.1, -0.05) is 30.3 Å². The van der Waals surface area contributed by atoms with Crippen molar-refractivity contribution < 1.29 is 24.4 Å². The van der Waals surface area contributed by atoms with Crippen LogP contribution in [0.1, 0.15) is 36.6 Å². The Balaban J connectivity index is 1.96. The minimum atomic E-state index is -1.10. The number of aliphatic hydroxyl groups is 1. The summed E-state index contributed by atoms with van der Waals surface area (Å²) in [5, 5.41) is 26.8. The molecule has 30 heavy (non-hydrogen) atoms. The van der Waals surface area contributed by atoms with Crippen molar-refractivity contribution in [2.24, 2.45) is 0 Å². The minimum absolute atomic E-state index is 0.0806. The number of amides is 2. The van der Waals surface area contributed by atoms with Gasteiger partial charge in [0, 0.05) is 24.3 Å². The lowest BCUT2D eigenvalue weighted by molar-refractivity contribution is -0.384. The second-order valence-electron chi connectivity index (χ2n) is 6.62. The molecule has 0 aliphatic carbocycles. The average Bonchev–Trinajstić information content (AvgIpc) is 2.74. The molecule has 9 heteroatoms. The highest BCUT2D eigenvalue weighted by Crippen LogP contribution is 2.32. The number of esters is 1. The molecule has 2 atom stereocenters. The third-order valence-corrected chi connectivity index (χ3v) is 4.67. The average molecular weight is 411 g/mol. The highest BCUT2D eigenvalue weighted by Gasteiger charge is 2.34. The van der Waals surface area contributed by atoms with E-state index in [1.807, 2.05) is 6.07 Å². The lowest BCUT2D eigenvalue weighted by Crippen LogP contribution is -2.46. The standard InChI is InChI=1S/C21H21N3O6/c1-2-30-20(26)18-16(12-17(25)13-8-10-15(11-9-13)24(28)29)22-21(27)23-19(18)14-6-4-3-5-7-14/h3-11,17,19,25H,2,12H2,1H3,(H2,22,23,27). The first-order chi connectivity index (χ1) is 14.4. The minimum Gasteiger partial charge on any atom is -0.463 e. The van der Waals surface area contributed by atoms with E-state index in [-0.39, 0.29) is 30.0 Å². The molecule has 3 N–H and O–H groups in total. The van der Waals surface area contributed by atoms with E-state index < -0.39 is 29.1 Å². The summed E-state index contributed by atoms with van der Waals surface area (Å²) in [6.45, 7) is 1.83. The molecule has 3 rings (SSSR count). The van der Waals surface area contributed by atoms with Gasteiger partial charge >= 0.3 is 12.0 Å². The molecule has 0 saturated carbocycles. The van der Waals surface area contributed by atoms with Crippen LogP contribution in [0.4, 0.5) is 10.5 Å². The van der Waals surface area contributed by atoms with Crippen LogP contribution in [0.2, 0.25) is 0 Å². The zero-order valence-corrected chi connectivity index (χ0v) is 16.2. The number of nitrogens with zero attached hydrogens (tertiary/aromatic N) is 1. The van der Waals surface area contributed by atoms with E-state index in [2.05, 4.69) is 10.6 Å². The summed E-state index contributed by atoms with van der Waals surface area (Å²) in [5.41, 5.74) is 1.44. The molecule has 2 unspecified atom stereocenters. The molecule has 1 aliphatic rings. The van der Waals surface area contributed by atoms with Crippen molar-refractivity contribution in [2.75, 3.05) is 6.61 Å². The molecule has 1 aliphatic heterocycles. The molecule has 9 nitrogen and oxygen atoms in total. The maximum absolute atomic E-state index is 12.7. The quantitative estimate of drug-likeness (QED) is 0.365. The molecule has 1 heterocycles. The molecular weight excluding hydrogens is 390 g/mol. The van der Waals surface area contributed by atoms with Crippen molar-refractivity contribution in [3.8, 4) is 0 Å². The summed E-state index contributed by atoms with van der Waals surface area (Å²) in [7, 11) is 0. The number of carbonyl (C=O) groups is 2. The number of non-ortho nitro benzene ring substituents is 1. The lowest BCUT2D eigenvalue weighted by atomic mass is 9.92. The number of hydrogen-bond acceptors (Lipinski definition) is 6. The second-order valence-corrected chi connectivity index (χ2v) is 6.62. The Morgan fingerprint density at radius 2 is 1.87 bits per heavy atom. The zero-order valence-electron chi connectivity index (χ0n) is 16.2. The maximum atomic E-state index is 12.7. The van der Waals surface area contributed by atoms with Crippen molar-refractivity contribution in [1.29, 1.82) is 0 Å². The fraction of sp³-hybridized carbons (Fsp3) is 0.238. The van der Waals surface area contributed by atoms with Crippen LogP contribution < -0.4 is 10.6 Å². The molecule has 0 saturated heterocycles. The van der Waals surface area contributed by atoms with Crippen molar-refractivity contribution in [1.82, 2.24) is 10.6 Å². The van der Waals surface area contributed by atoms with Gasteiger partial charge in [-0.15, -0.1) is 0 Å². The van der Waals surface area contributed by atoms with Crippen LogP contribution in [0.25, 0.3) is 0 Å². The van der Waals surface area contributed by atoms with Gasteiger partial charge in [-0.2, -0.15) is 0 Å². The van der Waals surface area contributed by atoms with Crippen LogP contribution in [-0.2, 0) is 9.53 Å². The summed E-state index contributed by atoms with van der Waals surface area (Å²) in [6.07, 6.45) is -1.18. The van der Waals surface area contributed by atoms with Gasteiger partial charge in [0.1, 0.15) is 0 Å². The van der Waals surface area contributed by atoms with Gasteiger partial charge in [-0.3, -0.25) is 10.1 Å². The Bertz CT molecular complexity index is 972. The van der Waals surface area contributed by atoms with Crippen LogP contribution in [0.3, 0.4) is 0 Å². The number of hydrogen-bond donors (Lipinski definition) is 3. The molecule has 0 radical (unpaired) electrons. The summed E-state index contributed by atoms with van der Waals surface area (Å²) in [6, 6.07) is 13.1. The predicted molar refractivity (Wildman–Crippen MR) is 107 cm³/mol. The van der Waals surface area contributed by atoms with Gasteiger partial charge in [0.05, 0.1) is 29.2 Å². The molecule has 156 valence electrons. The van der Waals surface area contributed by atoms with Crippen LogP contribution in [-0.4, -0.2) is 28.6 Å². The Kier molecular flexibility index (Phi) is 6.43. The fourth-order valence-electron chi connectivity index (χ4n) is 3.25. The Hall–Kier alpha value is -3.72. The molecule has 0 aromatic heterocycles. The van der Waals surface area contributed by atoms with E-state index >= 15 is 0 Å². The molecule has 0 bridgehead atoms. The second kappa shape index (κ2) is 9.19. The smallest absolute Gasteiger partial charge is 0.338 e. The number of urea groups is 1. The van der Waals surface area contributed by atoms with E-state index in [9.17, 15) is 24.8 Å². The van der Waals surface area contributed by atoms with Crippen molar-refractivity contribution in [3.05, 3.63) is 87.1 Å². The van der Waals surface area contributed by atoms with Gasteiger partial charge in [0.2, 0.25) is 0 Å². The maximum Gasteiger partial charge on any atom is 0.338 e. The summed E-state index contributed by atoms with van der Waals surface area (Å²) < 4.78 is 5.18. The fourth-order valence-corrected chi connectivity index (χ4v) is 3.25. The van der Waals surface area contributed by atoms with Crippen molar-refractivity contribution in [3.63, 3.8) is 0 Å². The Labute approximate surface area is 172 Å². The molecule has 2 aromatic carbocycles. The highest BCUT2D eigenvalue weighted by molar-refractivity contribution is 5.95. The summed E-state index contributed by atoms with van der Waals surface area (Å²) in [5.74, 6) is -0.607. The van der Waals surface area contributed by atoms with Crippen LogP contribution in [0.15, 0.2) is 65.9 Å². The normalized spacial score (nSPS) is 17.0. The van der Waals surface area contributed by atoms with Gasteiger partial charge in [0.25, 0.3) is 5.69 Å². The van der Waals surface area contributed by atoms with Crippen molar-refractivity contribution in [2.45, 2.75) is 25.5 Å². The number of ether oxygens (including phenoxy) is 1. The van der Waals surface area contributed by atoms with Crippen molar-refractivity contribution >= 4 is 17.7 Å². The van der Waals surface area contributed by atoms with Gasteiger partial charge in [0.15, 0.2) is 0 Å². The monoisotopic (exact) mass is 411 g/mol. The van der Waals surface area contributed by atoms with E-state index in [0.717, 1.165) is 0 Å². The van der Waals surface area contributed by atoms with Gasteiger partial charge < -0.3 is 20.5 Å². The zero-order chi connectivity index (χ0) is 21.7. The summed E-state index contributed by atoms with van der Waals surface area (Å²) in [4.78, 5) is 35.2. The number of nitro benzene ring substituents is 1. The number of nitro groups is 1. The number of carbonyl (C=O) groups excluding carboxylic acids is 2. The third kappa shape index (κ3) is 4.64. The third-order valence-electron chi connectivity index (χ3n) is 4.67. The number of aliphatic hydroxyl groups excluding tert-OH is 1. The first-order valence-electron chi connectivity index (χ1n) is 9.35. The van der Waals surface area contributed by atoms with E-state index in [1.165, 1.54) is 24.3 Å². The molecule has 0 fully saturated rings. The SMILES string of the molecule is CCOC(=O)C1=C(CC(O)c2ccc([N+](=O)[O-])cc2)NC(=O)NC1c1ccccc1. The molecule has 2 amide bonds. The number of benzene rings is 2. The van der Waals surface area contributed by atoms with Crippen LogP contribution >= 0.6 is 0 Å². The largest absolute Gasteiger partial charge is 0.463 e. The van der Waals surface area contributed by atoms with Gasteiger partial charge in [-0.05, 0) is 30.2 Å². The predicted octanol–water partition coefficient (Wildman–Crippen LogP) is 2.89. The first kappa shape index (κ1) is 21.0. The molecular formula is C21H21N3O6. The first-order valence-corrected chi connectivity index (χ1v) is 9.35. The Morgan fingerprint density at radius 1 is 1.20 bits per heavy atom. The highest BCUT2D eigenvalue weighted by atomic mass is 16.6. The molecule has 0 spiro atoms. The Morgan fingerprint density at radius 3 is 2.47 bits per heavy atom. The topological polar surface area (TPSA) is 131 Å². The summed E-state index contributed by atoms with van der Waals surface area (Å²) >= 11 is 0. The molecule has 2 aromatic rings. The number of rotatable bonds is 7.